The molecule has 0 heterocycles. The smallest absolute Gasteiger partial charge is 0.154 e. The molecule has 1 unspecified atom stereocenters. The van der Waals surface area contributed by atoms with Crippen molar-refractivity contribution in [3.05, 3.63) is 60.2 Å². The Morgan fingerprint density at radius 3 is 2.16 bits per heavy atom. The third-order valence-corrected chi connectivity index (χ3v) is 3.15. The molecular weight excluding hydrogens is 234 g/mol. The van der Waals surface area contributed by atoms with Crippen LogP contribution in [0.4, 0.5) is 0 Å². The van der Waals surface area contributed by atoms with Crippen LogP contribution >= 0.6 is 0 Å². The lowest BCUT2D eigenvalue weighted by atomic mass is 9.93. The van der Waals surface area contributed by atoms with Gasteiger partial charge < -0.3 is 0 Å². The number of Topliss-reactive ketones (excluding diaryl/α,β-unsaturated/α-hetero) is 1. The third-order valence-electron chi connectivity index (χ3n) is 3.15. The van der Waals surface area contributed by atoms with Gasteiger partial charge in [-0.25, -0.2) is 0 Å². The first-order valence-corrected chi connectivity index (χ1v) is 6.34. The Balaban J connectivity index is 2.29. The zero-order valence-corrected chi connectivity index (χ0v) is 10.8. The molecule has 2 nitrogen and oxygen atoms in total. The minimum atomic E-state index is -0.644. The fourth-order valence-electron chi connectivity index (χ4n) is 2.04. The molecule has 0 aliphatic heterocycles. The summed E-state index contributed by atoms with van der Waals surface area (Å²) in [6.07, 6.45) is 0.388. The topological polar surface area (TPSA) is 40.9 Å². The van der Waals surface area contributed by atoms with Crippen molar-refractivity contribution in [3.63, 3.8) is 0 Å². The van der Waals surface area contributed by atoms with Crippen LogP contribution in [0.3, 0.4) is 0 Å². The lowest BCUT2D eigenvalue weighted by Gasteiger charge is -2.08. The fourth-order valence-corrected chi connectivity index (χ4v) is 2.04. The van der Waals surface area contributed by atoms with Crippen LogP contribution in [0, 0.1) is 11.3 Å². The van der Waals surface area contributed by atoms with Gasteiger partial charge in [-0.05, 0) is 16.7 Å². The Morgan fingerprint density at radius 2 is 1.63 bits per heavy atom. The van der Waals surface area contributed by atoms with Gasteiger partial charge in [-0.1, -0.05) is 61.5 Å². The van der Waals surface area contributed by atoms with E-state index >= 15 is 0 Å². The minimum Gasteiger partial charge on any atom is -0.298 e. The van der Waals surface area contributed by atoms with Crippen molar-refractivity contribution in [1.82, 2.24) is 0 Å². The van der Waals surface area contributed by atoms with E-state index in [-0.39, 0.29) is 5.78 Å². The maximum Gasteiger partial charge on any atom is 0.154 e. The number of hydrogen-bond donors (Lipinski definition) is 0. The Morgan fingerprint density at radius 1 is 1.05 bits per heavy atom. The molecule has 0 radical (unpaired) electrons. The number of ketones is 1. The lowest BCUT2D eigenvalue weighted by Crippen LogP contribution is -2.09. The van der Waals surface area contributed by atoms with Crippen molar-refractivity contribution >= 4 is 5.78 Å². The highest BCUT2D eigenvalue weighted by Gasteiger charge is 2.17. The molecule has 0 N–H and O–H groups in total. The normalized spacial score (nSPS) is 11.6. The summed E-state index contributed by atoms with van der Waals surface area (Å²) in [5.74, 6) is -0.676. The summed E-state index contributed by atoms with van der Waals surface area (Å²) in [5.41, 5.74) is 2.99. The van der Waals surface area contributed by atoms with Gasteiger partial charge in [0.1, 0.15) is 5.92 Å². The van der Waals surface area contributed by atoms with E-state index in [9.17, 15) is 4.79 Å². The fraction of sp³-hybridized carbons (Fsp3) is 0.176. The van der Waals surface area contributed by atoms with Crippen molar-refractivity contribution in [2.45, 2.75) is 19.3 Å². The summed E-state index contributed by atoms with van der Waals surface area (Å²) in [7, 11) is 0. The molecule has 1 atom stereocenters. The molecule has 0 amide bonds. The molecular formula is C17H15NO. The molecule has 0 spiro atoms. The molecule has 0 aliphatic rings. The Kier molecular flexibility index (Phi) is 4.10. The second-order valence-corrected chi connectivity index (χ2v) is 4.37. The van der Waals surface area contributed by atoms with E-state index in [0.29, 0.717) is 6.42 Å². The zero-order valence-electron chi connectivity index (χ0n) is 10.8. The average Bonchev–Trinajstić information content (AvgIpc) is 2.49. The van der Waals surface area contributed by atoms with Crippen LogP contribution in [0.2, 0.25) is 0 Å². The highest BCUT2D eigenvalue weighted by molar-refractivity contribution is 5.88. The quantitative estimate of drug-likeness (QED) is 0.823. The Bertz CT molecular complexity index is 593. The largest absolute Gasteiger partial charge is 0.298 e. The van der Waals surface area contributed by atoms with Crippen LogP contribution in [0.5, 0.6) is 0 Å². The van der Waals surface area contributed by atoms with Crippen LogP contribution in [-0.4, -0.2) is 5.78 Å². The average molecular weight is 249 g/mol. The molecule has 19 heavy (non-hydrogen) atoms. The van der Waals surface area contributed by atoms with Gasteiger partial charge in [-0.2, -0.15) is 5.26 Å². The molecule has 94 valence electrons. The molecule has 0 aromatic heterocycles. The van der Waals surface area contributed by atoms with Crippen LogP contribution in [0.1, 0.15) is 24.8 Å². The number of nitriles is 1. The third kappa shape index (κ3) is 2.89. The highest BCUT2D eigenvalue weighted by atomic mass is 16.1. The van der Waals surface area contributed by atoms with Crippen molar-refractivity contribution < 1.29 is 4.79 Å². The Hall–Kier alpha value is -2.40. The molecule has 2 heteroatoms. The number of carbonyl (C=O) groups excluding carboxylic acids is 1. The van der Waals surface area contributed by atoms with E-state index in [4.69, 9.17) is 5.26 Å². The van der Waals surface area contributed by atoms with Gasteiger partial charge in [0, 0.05) is 6.42 Å². The lowest BCUT2D eigenvalue weighted by molar-refractivity contribution is -0.119. The Labute approximate surface area is 113 Å². The van der Waals surface area contributed by atoms with Gasteiger partial charge in [-0.15, -0.1) is 0 Å². The van der Waals surface area contributed by atoms with Gasteiger partial charge >= 0.3 is 0 Å². The zero-order chi connectivity index (χ0) is 13.7. The van der Waals surface area contributed by atoms with Crippen LogP contribution in [0.25, 0.3) is 11.1 Å². The molecule has 2 aromatic rings. The number of hydrogen-bond acceptors (Lipinski definition) is 2. The van der Waals surface area contributed by atoms with E-state index in [0.717, 1.165) is 16.7 Å². The molecule has 0 bridgehead atoms. The van der Waals surface area contributed by atoms with Gasteiger partial charge in [0.2, 0.25) is 0 Å². The molecule has 2 rings (SSSR count). The first kappa shape index (κ1) is 13.0. The van der Waals surface area contributed by atoms with E-state index in [1.807, 2.05) is 54.6 Å². The summed E-state index contributed by atoms with van der Waals surface area (Å²) < 4.78 is 0. The van der Waals surface area contributed by atoms with Crippen LogP contribution in [-0.2, 0) is 4.79 Å². The SMILES string of the molecule is CCC(=O)C(C#N)c1ccc(-c2ccccc2)cc1. The summed E-state index contributed by atoms with van der Waals surface area (Å²) >= 11 is 0. The number of benzene rings is 2. The molecule has 0 saturated carbocycles. The van der Waals surface area contributed by atoms with Gasteiger partial charge in [0.05, 0.1) is 6.07 Å². The number of nitrogens with zero attached hydrogens (tertiary/aromatic N) is 1. The number of rotatable bonds is 4. The van der Waals surface area contributed by atoms with Crippen molar-refractivity contribution in [2.24, 2.45) is 0 Å². The summed E-state index contributed by atoms with van der Waals surface area (Å²) in [5, 5.41) is 9.10. The maximum atomic E-state index is 11.7. The highest BCUT2D eigenvalue weighted by Crippen LogP contribution is 2.23. The van der Waals surface area contributed by atoms with E-state index in [2.05, 4.69) is 6.07 Å². The van der Waals surface area contributed by atoms with Crippen molar-refractivity contribution in [2.75, 3.05) is 0 Å². The number of carbonyl (C=O) groups is 1. The minimum absolute atomic E-state index is 0.0324. The maximum absolute atomic E-state index is 11.7. The first-order valence-electron chi connectivity index (χ1n) is 6.34. The van der Waals surface area contributed by atoms with E-state index in [1.54, 1.807) is 6.92 Å². The second kappa shape index (κ2) is 5.97. The van der Waals surface area contributed by atoms with Crippen LogP contribution in [0.15, 0.2) is 54.6 Å². The summed E-state index contributed by atoms with van der Waals surface area (Å²) in [4.78, 5) is 11.7. The predicted molar refractivity (Wildman–Crippen MR) is 75.5 cm³/mol. The van der Waals surface area contributed by atoms with Crippen LogP contribution < -0.4 is 0 Å². The van der Waals surface area contributed by atoms with E-state index in [1.165, 1.54) is 0 Å². The van der Waals surface area contributed by atoms with Gasteiger partial charge in [0.25, 0.3) is 0 Å². The van der Waals surface area contributed by atoms with Crippen molar-refractivity contribution in [1.29, 1.82) is 5.26 Å². The first-order chi connectivity index (χ1) is 9.26. The standard InChI is InChI=1S/C17H15NO/c1-2-17(19)16(12-18)15-10-8-14(9-11-15)13-6-4-3-5-7-13/h3-11,16H,2H2,1H3. The van der Waals surface area contributed by atoms with Gasteiger partial charge in [0.15, 0.2) is 5.78 Å². The second-order valence-electron chi connectivity index (χ2n) is 4.37. The van der Waals surface area contributed by atoms with Gasteiger partial charge in [-0.3, -0.25) is 4.79 Å². The molecule has 0 aliphatic carbocycles. The summed E-state index contributed by atoms with van der Waals surface area (Å²) in [6.45, 7) is 1.78. The monoisotopic (exact) mass is 249 g/mol. The molecule has 2 aromatic carbocycles. The van der Waals surface area contributed by atoms with Crippen molar-refractivity contribution in [3.8, 4) is 17.2 Å². The predicted octanol–water partition coefficient (Wildman–Crippen LogP) is 3.94. The summed E-state index contributed by atoms with van der Waals surface area (Å²) in [6, 6.07) is 19.7. The van der Waals surface area contributed by atoms with E-state index < -0.39 is 5.92 Å². The molecule has 0 fully saturated rings. The molecule has 0 saturated heterocycles.